The van der Waals surface area contributed by atoms with Crippen LogP contribution in [0.25, 0.3) is 0 Å². The predicted octanol–water partition coefficient (Wildman–Crippen LogP) is 1.57. The highest BCUT2D eigenvalue weighted by Gasteiger charge is 2.21. The molecular formula is C17H21N3O3. The van der Waals surface area contributed by atoms with Crippen LogP contribution in [0.3, 0.4) is 0 Å². The first kappa shape index (κ1) is 15.4. The summed E-state index contributed by atoms with van der Waals surface area (Å²) in [5, 5.41) is 7.08. The molecule has 0 bridgehead atoms. The lowest BCUT2D eigenvalue weighted by molar-refractivity contribution is -0.122. The third kappa shape index (κ3) is 3.64. The van der Waals surface area contributed by atoms with Crippen molar-refractivity contribution in [2.45, 2.75) is 19.9 Å². The Morgan fingerprint density at radius 3 is 3.09 bits per heavy atom. The Morgan fingerprint density at radius 2 is 2.35 bits per heavy atom. The third-order valence-electron chi connectivity index (χ3n) is 4.07. The van der Waals surface area contributed by atoms with Gasteiger partial charge in [0.05, 0.1) is 13.7 Å². The fourth-order valence-electron chi connectivity index (χ4n) is 2.69. The lowest BCUT2D eigenvalue weighted by Gasteiger charge is -2.25. The Bertz CT molecular complexity index is 696. The van der Waals surface area contributed by atoms with Crippen LogP contribution in [-0.4, -0.2) is 35.9 Å². The molecule has 6 nitrogen and oxygen atoms in total. The first-order chi connectivity index (χ1) is 11.2. The standard InChI is InChI=1S/C17H21N3O3/c1-12-5-6-19-20(12)10-17(21)18-9-13-7-14-3-4-15(22-2)8-16(14)23-11-13/h3-6,8,13H,7,9-11H2,1-2H3,(H,18,21). The van der Waals surface area contributed by atoms with Crippen LogP contribution in [0.5, 0.6) is 11.5 Å². The van der Waals surface area contributed by atoms with E-state index in [0.717, 1.165) is 29.2 Å². The lowest BCUT2D eigenvalue weighted by atomic mass is 9.96. The van der Waals surface area contributed by atoms with E-state index in [1.165, 1.54) is 0 Å². The Balaban J connectivity index is 1.51. The highest BCUT2D eigenvalue weighted by atomic mass is 16.5. The molecule has 1 N–H and O–H groups in total. The molecule has 1 unspecified atom stereocenters. The largest absolute Gasteiger partial charge is 0.497 e. The molecule has 0 spiro atoms. The van der Waals surface area contributed by atoms with Crippen molar-refractivity contribution in [3.63, 3.8) is 0 Å². The summed E-state index contributed by atoms with van der Waals surface area (Å²) in [5.74, 6) is 1.92. The first-order valence-electron chi connectivity index (χ1n) is 7.70. The molecule has 1 aliphatic heterocycles. The maximum absolute atomic E-state index is 12.0. The number of aromatic nitrogens is 2. The molecule has 0 aliphatic carbocycles. The Morgan fingerprint density at radius 1 is 1.48 bits per heavy atom. The zero-order chi connectivity index (χ0) is 16.2. The fourth-order valence-corrected chi connectivity index (χ4v) is 2.69. The summed E-state index contributed by atoms with van der Waals surface area (Å²) < 4.78 is 12.7. The van der Waals surface area contributed by atoms with Crippen molar-refractivity contribution in [3.05, 3.63) is 41.7 Å². The summed E-state index contributed by atoms with van der Waals surface area (Å²) >= 11 is 0. The van der Waals surface area contributed by atoms with Gasteiger partial charge in [-0.15, -0.1) is 0 Å². The van der Waals surface area contributed by atoms with Gasteiger partial charge in [-0.2, -0.15) is 5.10 Å². The summed E-state index contributed by atoms with van der Waals surface area (Å²) in [5.41, 5.74) is 2.13. The molecule has 1 aliphatic rings. The minimum Gasteiger partial charge on any atom is -0.497 e. The smallest absolute Gasteiger partial charge is 0.241 e. The van der Waals surface area contributed by atoms with Crippen molar-refractivity contribution < 1.29 is 14.3 Å². The molecule has 1 aromatic heterocycles. The summed E-state index contributed by atoms with van der Waals surface area (Å²) in [4.78, 5) is 12.0. The summed E-state index contributed by atoms with van der Waals surface area (Å²) in [7, 11) is 1.64. The Labute approximate surface area is 135 Å². The van der Waals surface area contributed by atoms with Gasteiger partial charge in [-0.05, 0) is 31.0 Å². The van der Waals surface area contributed by atoms with E-state index in [9.17, 15) is 4.79 Å². The molecule has 23 heavy (non-hydrogen) atoms. The quantitative estimate of drug-likeness (QED) is 0.909. The monoisotopic (exact) mass is 315 g/mol. The SMILES string of the molecule is COc1ccc2c(c1)OCC(CNC(=O)Cn1nccc1C)C2. The number of hydrogen-bond donors (Lipinski definition) is 1. The van der Waals surface area contributed by atoms with E-state index in [4.69, 9.17) is 9.47 Å². The molecule has 3 rings (SSSR count). The van der Waals surface area contributed by atoms with Gasteiger partial charge < -0.3 is 14.8 Å². The zero-order valence-electron chi connectivity index (χ0n) is 13.4. The van der Waals surface area contributed by atoms with Gasteiger partial charge >= 0.3 is 0 Å². The topological polar surface area (TPSA) is 65.4 Å². The van der Waals surface area contributed by atoms with Crippen LogP contribution < -0.4 is 14.8 Å². The minimum atomic E-state index is -0.0303. The molecular weight excluding hydrogens is 294 g/mol. The van der Waals surface area contributed by atoms with Gasteiger partial charge in [0, 0.05) is 30.4 Å². The maximum atomic E-state index is 12.0. The van der Waals surface area contributed by atoms with Gasteiger partial charge in [0.1, 0.15) is 18.0 Å². The highest BCUT2D eigenvalue weighted by Crippen LogP contribution is 2.30. The molecule has 0 saturated carbocycles. The summed E-state index contributed by atoms with van der Waals surface area (Å²) in [6.07, 6.45) is 2.59. The van der Waals surface area contributed by atoms with Crippen LogP contribution >= 0.6 is 0 Å². The van der Waals surface area contributed by atoms with E-state index in [1.807, 2.05) is 31.2 Å². The highest BCUT2D eigenvalue weighted by molar-refractivity contribution is 5.75. The molecule has 2 aromatic rings. The summed E-state index contributed by atoms with van der Waals surface area (Å²) in [6.45, 7) is 3.38. The molecule has 0 radical (unpaired) electrons. The molecule has 122 valence electrons. The molecule has 0 saturated heterocycles. The minimum absolute atomic E-state index is 0.0303. The van der Waals surface area contributed by atoms with Crippen molar-refractivity contribution in [1.82, 2.24) is 15.1 Å². The second-order valence-corrected chi connectivity index (χ2v) is 5.79. The molecule has 1 aromatic carbocycles. The number of benzene rings is 1. The number of carbonyl (C=O) groups excluding carboxylic acids is 1. The van der Waals surface area contributed by atoms with Crippen LogP contribution in [0.1, 0.15) is 11.3 Å². The van der Waals surface area contributed by atoms with E-state index in [2.05, 4.69) is 10.4 Å². The molecule has 0 fully saturated rings. The second kappa shape index (κ2) is 6.73. The van der Waals surface area contributed by atoms with Crippen molar-refractivity contribution in [3.8, 4) is 11.5 Å². The number of carbonyl (C=O) groups is 1. The first-order valence-corrected chi connectivity index (χ1v) is 7.70. The number of ether oxygens (including phenoxy) is 2. The fraction of sp³-hybridized carbons (Fsp3) is 0.412. The Kier molecular flexibility index (Phi) is 4.50. The lowest BCUT2D eigenvalue weighted by Crippen LogP contribution is -2.36. The van der Waals surface area contributed by atoms with Gasteiger partial charge in [-0.3, -0.25) is 9.48 Å². The maximum Gasteiger partial charge on any atom is 0.241 e. The number of hydrogen-bond acceptors (Lipinski definition) is 4. The van der Waals surface area contributed by atoms with Gasteiger partial charge in [0.2, 0.25) is 5.91 Å². The van der Waals surface area contributed by atoms with Crippen LogP contribution in [0.15, 0.2) is 30.5 Å². The van der Waals surface area contributed by atoms with Gasteiger partial charge in [0.25, 0.3) is 0 Å². The third-order valence-corrected chi connectivity index (χ3v) is 4.07. The molecule has 6 heteroatoms. The number of rotatable bonds is 5. The number of fused-ring (bicyclic) bond motifs is 1. The van der Waals surface area contributed by atoms with E-state index in [1.54, 1.807) is 18.0 Å². The predicted molar refractivity (Wildman–Crippen MR) is 85.7 cm³/mol. The van der Waals surface area contributed by atoms with Crippen LogP contribution in [0.4, 0.5) is 0 Å². The van der Waals surface area contributed by atoms with Gasteiger partial charge in [-0.1, -0.05) is 6.07 Å². The van der Waals surface area contributed by atoms with Crippen molar-refractivity contribution in [1.29, 1.82) is 0 Å². The van der Waals surface area contributed by atoms with E-state index < -0.39 is 0 Å². The molecule has 2 heterocycles. The van der Waals surface area contributed by atoms with E-state index in [0.29, 0.717) is 13.2 Å². The van der Waals surface area contributed by atoms with Crippen LogP contribution in [-0.2, 0) is 17.8 Å². The number of amides is 1. The van der Waals surface area contributed by atoms with Gasteiger partial charge in [0.15, 0.2) is 0 Å². The summed E-state index contributed by atoms with van der Waals surface area (Å²) in [6, 6.07) is 7.75. The second-order valence-electron chi connectivity index (χ2n) is 5.79. The average molecular weight is 315 g/mol. The molecule has 1 amide bonds. The number of aryl methyl sites for hydroxylation is 1. The number of methoxy groups -OCH3 is 1. The van der Waals surface area contributed by atoms with E-state index >= 15 is 0 Å². The molecule has 1 atom stereocenters. The average Bonchev–Trinajstić information content (AvgIpc) is 2.97. The van der Waals surface area contributed by atoms with Crippen LogP contribution in [0, 0.1) is 12.8 Å². The van der Waals surface area contributed by atoms with Gasteiger partial charge in [-0.25, -0.2) is 0 Å². The Hall–Kier alpha value is -2.50. The van der Waals surface area contributed by atoms with Crippen molar-refractivity contribution in [2.75, 3.05) is 20.3 Å². The number of nitrogens with zero attached hydrogens (tertiary/aromatic N) is 2. The van der Waals surface area contributed by atoms with Crippen LogP contribution in [0.2, 0.25) is 0 Å². The normalized spacial score (nSPS) is 16.3. The number of nitrogens with one attached hydrogen (secondary N) is 1. The zero-order valence-corrected chi connectivity index (χ0v) is 13.4. The van der Waals surface area contributed by atoms with Crippen molar-refractivity contribution in [2.24, 2.45) is 5.92 Å². The van der Waals surface area contributed by atoms with Crippen molar-refractivity contribution >= 4 is 5.91 Å². The van der Waals surface area contributed by atoms with E-state index in [-0.39, 0.29) is 18.4 Å².